The number of hydrogen-bond donors (Lipinski definition) is 2. The summed E-state index contributed by atoms with van der Waals surface area (Å²) in [6, 6.07) is 4.30. The Morgan fingerprint density at radius 1 is 1.25 bits per heavy atom. The van der Waals surface area contributed by atoms with Gasteiger partial charge in [0.25, 0.3) is 0 Å². The van der Waals surface area contributed by atoms with Crippen LogP contribution < -0.4 is 5.73 Å². The Morgan fingerprint density at radius 3 is 2.30 bits per heavy atom. The minimum absolute atomic E-state index is 0.210. The number of rotatable bonds is 5. The van der Waals surface area contributed by atoms with E-state index in [0.29, 0.717) is 6.42 Å². The normalized spacial score (nSPS) is 17.4. The summed E-state index contributed by atoms with van der Waals surface area (Å²) in [5.74, 6) is -0.438. The van der Waals surface area contributed by atoms with E-state index in [9.17, 15) is 4.79 Å². The Balaban J connectivity index is 2.98. The second-order valence-electron chi connectivity index (χ2n) is 6.41. The molecule has 0 fully saturated rings. The van der Waals surface area contributed by atoms with Crippen molar-refractivity contribution in [3.63, 3.8) is 0 Å². The lowest BCUT2D eigenvalue weighted by atomic mass is 9.78. The first-order valence-corrected chi connectivity index (χ1v) is 7.17. The van der Waals surface area contributed by atoms with Gasteiger partial charge in [0.05, 0.1) is 0 Å². The zero-order valence-corrected chi connectivity index (χ0v) is 13.4. The quantitative estimate of drug-likeness (QED) is 0.865. The Hall–Kier alpha value is -1.35. The summed E-state index contributed by atoms with van der Waals surface area (Å²) >= 11 is 0. The fraction of sp³-hybridized carbons (Fsp3) is 0.588. The van der Waals surface area contributed by atoms with E-state index in [1.807, 2.05) is 0 Å². The summed E-state index contributed by atoms with van der Waals surface area (Å²) in [4.78, 5) is 11.2. The van der Waals surface area contributed by atoms with Gasteiger partial charge in [0.15, 0.2) is 0 Å². The van der Waals surface area contributed by atoms with Gasteiger partial charge in [0, 0.05) is 0 Å². The molecule has 0 amide bonds. The van der Waals surface area contributed by atoms with Crippen LogP contribution in [0.1, 0.15) is 55.4 Å². The Bertz CT molecular complexity index is 506. The largest absolute Gasteiger partial charge is 0.480 e. The predicted molar refractivity (Wildman–Crippen MR) is 83.1 cm³/mol. The van der Waals surface area contributed by atoms with Crippen molar-refractivity contribution in [2.75, 3.05) is 0 Å². The average Bonchev–Trinajstić information content (AvgIpc) is 2.34. The maximum Gasteiger partial charge on any atom is 0.323 e. The number of benzene rings is 1. The number of hydrogen-bond acceptors (Lipinski definition) is 2. The number of nitrogens with two attached hydrogens (primary N) is 1. The summed E-state index contributed by atoms with van der Waals surface area (Å²) in [5, 5.41) is 9.15. The molecule has 0 aliphatic rings. The summed E-state index contributed by atoms with van der Waals surface area (Å²) in [5.41, 5.74) is 9.91. The van der Waals surface area contributed by atoms with Gasteiger partial charge in [0.2, 0.25) is 0 Å². The number of carboxylic acid groups (broad SMARTS) is 1. The lowest BCUT2D eigenvalue weighted by Crippen LogP contribution is -2.46. The summed E-state index contributed by atoms with van der Waals surface area (Å²) < 4.78 is 0. The van der Waals surface area contributed by atoms with Crippen LogP contribution in [0, 0.1) is 26.7 Å². The zero-order valence-electron chi connectivity index (χ0n) is 13.4. The van der Waals surface area contributed by atoms with E-state index >= 15 is 0 Å². The van der Waals surface area contributed by atoms with Crippen LogP contribution in [0.15, 0.2) is 12.1 Å². The van der Waals surface area contributed by atoms with E-state index in [1.54, 1.807) is 6.92 Å². The second kappa shape index (κ2) is 5.96. The van der Waals surface area contributed by atoms with Gasteiger partial charge in [-0.3, -0.25) is 4.79 Å². The molecule has 0 saturated carbocycles. The van der Waals surface area contributed by atoms with Crippen LogP contribution in [0.3, 0.4) is 0 Å². The Kier molecular flexibility index (Phi) is 4.98. The van der Waals surface area contributed by atoms with Gasteiger partial charge < -0.3 is 10.8 Å². The Labute approximate surface area is 122 Å². The molecule has 0 radical (unpaired) electrons. The van der Waals surface area contributed by atoms with Crippen LogP contribution in [0.2, 0.25) is 0 Å². The lowest BCUT2D eigenvalue weighted by molar-refractivity contribution is -0.143. The van der Waals surface area contributed by atoms with Crippen LogP contribution >= 0.6 is 0 Å². The third-order valence-corrected chi connectivity index (χ3v) is 4.68. The maximum absolute atomic E-state index is 11.2. The third-order valence-electron chi connectivity index (χ3n) is 4.68. The van der Waals surface area contributed by atoms with Crippen molar-refractivity contribution in [3.05, 3.63) is 34.4 Å². The summed E-state index contributed by atoms with van der Waals surface area (Å²) in [6.07, 6.45) is 0.468. The zero-order chi connectivity index (χ0) is 15.7. The molecule has 20 heavy (non-hydrogen) atoms. The average molecular weight is 277 g/mol. The number of carboxylic acids is 1. The SMILES string of the molecule is Cc1ccc(C(C)C(C)CC(C)(N)C(=O)O)c(C)c1C. The molecule has 0 aromatic heterocycles. The highest BCUT2D eigenvalue weighted by atomic mass is 16.4. The van der Waals surface area contributed by atoms with Gasteiger partial charge in [-0.2, -0.15) is 0 Å². The molecule has 0 bridgehead atoms. The van der Waals surface area contributed by atoms with Crippen molar-refractivity contribution >= 4 is 5.97 Å². The molecule has 1 rings (SSSR count). The van der Waals surface area contributed by atoms with Gasteiger partial charge in [-0.1, -0.05) is 26.0 Å². The maximum atomic E-state index is 11.2. The topological polar surface area (TPSA) is 63.3 Å². The van der Waals surface area contributed by atoms with Crippen molar-refractivity contribution < 1.29 is 9.90 Å². The minimum atomic E-state index is -1.17. The van der Waals surface area contributed by atoms with E-state index < -0.39 is 11.5 Å². The molecule has 0 aliphatic carbocycles. The molecule has 3 nitrogen and oxygen atoms in total. The molecule has 3 heteroatoms. The standard InChI is InChI=1S/C17H27NO2/c1-10-7-8-15(14(5)12(10)3)13(4)11(2)9-17(6,18)16(19)20/h7-8,11,13H,9,18H2,1-6H3,(H,19,20). The molecule has 0 saturated heterocycles. The highest BCUT2D eigenvalue weighted by Gasteiger charge is 2.32. The van der Waals surface area contributed by atoms with Gasteiger partial charge in [-0.25, -0.2) is 0 Å². The number of aliphatic carboxylic acids is 1. The first-order chi connectivity index (χ1) is 9.08. The van der Waals surface area contributed by atoms with Gasteiger partial charge in [-0.05, 0) is 68.2 Å². The van der Waals surface area contributed by atoms with Crippen LogP contribution in [0.25, 0.3) is 0 Å². The van der Waals surface area contributed by atoms with Crippen LogP contribution in [-0.4, -0.2) is 16.6 Å². The molecule has 3 atom stereocenters. The van der Waals surface area contributed by atoms with E-state index in [0.717, 1.165) is 0 Å². The first kappa shape index (κ1) is 16.7. The smallest absolute Gasteiger partial charge is 0.323 e. The van der Waals surface area contributed by atoms with Gasteiger partial charge in [0.1, 0.15) is 5.54 Å². The fourth-order valence-electron chi connectivity index (χ4n) is 2.71. The molecule has 0 heterocycles. The first-order valence-electron chi connectivity index (χ1n) is 7.17. The second-order valence-corrected chi connectivity index (χ2v) is 6.41. The Morgan fingerprint density at radius 2 is 1.80 bits per heavy atom. The molecule has 1 aromatic carbocycles. The predicted octanol–water partition coefficient (Wildman–Crippen LogP) is 3.54. The highest BCUT2D eigenvalue weighted by molar-refractivity contribution is 5.77. The molecule has 112 valence electrons. The van der Waals surface area contributed by atoms with Crippen LogP contribution in [0.5, 0.6) is 0 Å². The number of carbonyl (C=O) groups is 1. The molecule has 3 N–H and O–H groups in total. The highest BCUT2D eigenvalue weighted by Crippen LogP contribution is 2.33. The van der Waals surface area contributed by atoms with Gasteiger partial charge >= 0.3 is 5.97 Å². The van der Waals surface area contributed by atoms with Crippen molar-refractivity contribution in [1.29, 1.82) is 0 Å². The molecule has 0 spiro atoms. The van der Waals surface area contributed by atoms with E-state index in [-0.39, 0.29) is 11.8 Å². The molecule has 3 unspecified atom stereocenters. The van der Waals surface area contributed by atoms with Crippen LogP contribution in [-0.2, 0) is 4.79 Å². The van der Waals surface area contributed by atoms with E-state index in [2.05, 4.69) is 46.8 Å². The van der Waals surface area contributed by atoms with E-state index in [1.165, 1.54) is 22.3 Å². The van der Waals surface area contributed by atoms with Crippen molar-refractivity contribution in [2.24, 2.45) is 11.7 Å². The van der Waals surface area contributed by atoms with Gasteiger partial charge in [-0.15, -0.1) is 0 Å². The molecular weight excluding hydrogens is 250 g/mol. The monoisotopic (exact) mass is 277 g/mol. The molecule has 0 aliphatic heterocycles. The lowest BCUT2D eigenvalue weighted by Gasteiger charge is -2.29. The summed E-state index contributed by atoms with van der Waals surface area (Å²) in [6.45, 7) is 12.2. The van der Waals surface area contributed by atoms with E-state index in [4.69, 9.17) is 10.8 Å². The summed E-state index contributed by atoms with van der Waals surface area (Å²) in [7, 11) is 0. The van der Waals surface area contributed by atoms with Crippen molar-refractivity contribution in [2.45, 2.75) is 59.4 Å². The molecule has 1 aromatic rings. The fourth-order valence-corrected chi connectivity index (χ4v) is 2.71. The number of aryl methyl sites for hydroxylation is 1. The third kappa shape index (κ3) is 3.40. The van der Waals surface area contributed by atoms with Crippen molar-refractivity contribution in [3.8, 4) is 0 Å². The minimum Gasteiger partial charge on any atom is -0.480 e. The molecular formula is C17H27NO2. The van der Waals surface area contributed by atoms with Crippen molar-refractivity contribution in [1.82, 2.24) is 0 Å². The van der Waals surface area contributed by atoms with Crippen LogP contribution in [0.4, 0.5) is 0 Å².